The molecular weight excluding hydrogens is 272 g/mol. The number of rotatable bonds is 6. The van der Waals surface area contributed by atoms with Crippen molar-refractivity contribution < 1.29 is 9.53 Å². The monoisotopic (exact) mass is 294 g/mol. The maximum absolute atomic E-state index is 11.9. The summed E-state index contributed by atoms with van der Waals surface area (Å²) in [5.41, 5.74) is 1.75. The van der Waals surface area contributed by atoms with Gasteiger partial charge in [0.05, 0.1) is 12.2 Å². The van der Waals surface area contributed by atoms with Gasteiger partial charge in [0.1, 0.15) is 0 Å². The molecule has 114 valence electrons. The minimum absolute atomic E-state index is 0.0210. The molecule has 0 saturated heterocycles. The second-order valence-corrected chi connectivity index (χ2v) is 5.98. The topological polar surface area (TPSA) is 26.3 Å². The molecule has 0 aliphatic carbocycles. The minimum Gasteiger partial charge on any atom is -0.462 e. The van der Waals surface area contributed by atoms with Crippen molar-refractivity contribution in [3.63, 3.8) is 0 Å². The van der Waals surface area contributed by atoms with Gasteiger partial charge >= 0.3 is 5.97 Å². The van der Waals surface area contributed by atoms with Crippen LogP contribution >= 0.6 is 0 Å². The van der Waals surface area contributed by atoms with Crippen LogP contribution in [0.25, 0.3) is 6.08 Å². The second kappa shape index (κ2) is 7.60. The van der Waals surface area contributed by atoms with E-state index in [4.69, 9.17) is 4.74 Å². The molecule has 0 aliphatic heterocycles. The second-order valence-electron chi connectivity index (χ2n) is 5.98. The third-order valence-electron chi connectivity index (χ3n) is 3.52. The van der Waals surface area contributed by atoms with Crippen LogP contribution in [-0.4, -0.2) is 12.6 Å². The predicted molar refractivity (Wildman–Crippen MR) is 90.6 cm³/mol. The van der Waals surface area contributed by atoms with Gasteiger partial charge in [-0.2, -0.15) is 0 Å². The van der Waals surface area contributed by atoms with Crippen LogP contribution < -0.4 is 0 Å². The van der Waals surface area contributed by atoms with Crippen molar-refractivity contribution in [3.05, 3.63) is 77.9 Å². The molecule has 2 nitrogen and oxygen atoms in total. The fraction of sp³-hybridized carbons (Fsp3) is 0.250. The molecule has 2 aromatic rings. The van der Waals surface area contributed by atoms with E-state index in [0.29, 0.717) is 12.2 Å². The molecule has 0 radical (unpaired) electrons. The molecule has 0 aliphatic rings. The number of esters is 1. The number of hydrogen-bond acceptors (Lipinski definition) is 2. The number of benzene rings is 2. The van der Waals surface area contributed by atoms with Gasteiger partial charge in [0, 0.05) is 0 Å². The Bertz CT molecular complexity index is 613. The maximum Gasteiger partial charge on any atom is 0.338 e. The Hall–Kier alpha value is -2.35. The molecule has 22 heavy (non-hydrogen) atoms. The van der Waals surface area contributed by atoms with Gasteiger partial charge in [-0.15, -0.1) is 0 Å². The van der Waals surface area contributed by atoms with E-state index in [-0.39, 0.29) is 11.4 Å². The van der Waals surface area contributed by atoms with Gasteiger partial charge in [-0.25, -0.2) is 4.79 Å². The van der Waals surface area contributed by atoms with Gasteiger partial charge in [-0.3, -0.25) is 0 Å². The highest BCUT2D eigenvalue weighted by atomic mass is 16.5. The molecular formula is C20H22O2. The van der Waals surface area contributed by atoms with Crippen LogP contribution in [0.5, 0.6) is 0 Å². The average Bonchev–Trinajstić information content (AvgIpc) is 2.55. The third-order valence-corrected chi connectivity index (χ3v) is 3.52. The molecule has 0 atom stereocenters. The number of carbonyl (C=O) groups is 1. The largest absolute Gasteiger partial charge is 0.462 e. The first-order valence-corrected chi connectivity index (χ1v) is 7.53. The van der Waals surface area contributed by atoms with Crippen LogP contribution in [0.4, 0.5) is 0 Å². The van der Waals surface area contributed by atoms with E-state index in [9.17, 15) is 4.79 Å². The van der Waals surface area contributed by atoms with Crippen molar-refractivity contribution in [2.24, 2.45) is 5.41 Å². The minimum atomic E-state index is -0.261. The summed E-state index contributed by atoms with van der Waals surface area (Å²) in [6.07, 6.45) is 5.06. The van der Waals surface area contributed by atoms with Crippen molar-refractivity contribution >= 4 is 12.0 Å². The molecule has 0 spiro atoms. The van der Waals surface area contributed by atoms with Gasteiger partial charge < -0.3 is 4.74 Å². The molecule has 0 heterocycles. The quantitative estimate of drug-likeness (QED) is 0.703. The zero-order valence-corrected chi connectivity index (χ0v) is 13.2. The number of allylic oxidation sites excluding steroid dienone is 1. The van der Waals surface area contributed by atoms with Crippen molar-refractivity contribution in [2.75, 3.05) is 6.61 Å². The fourth-order valence-electron chi connectivity index (χ4n) is 2.03. The Kier molecular flexibility index (Phi) is 5.54. The van der Waals surface area contributed by atoms with Crippen molar-refractivity contribution in [2.45, 2.75) is 20.3 Å². The molecule has 0 bridgehead atoms. The Morgan fingerprint density at radius 2 is 1.59 bits per heavy atom. The van der Waals surface area contributed by atoms with Crippen molar-refractivity contribution in [3.8, 4) is 0 Å². The molecule has 2 heteroatoms. The highest BCUT2D eigenvalue weighted by molar-refractivity contribution is 5.89. The molecule has 0 amide bonds. The van der Waals surface area contributed by atoms with Crippen molar-refractivity contribution in [1.29, 1.82) is 0 Å². The summed E-state index contributed by atoms with van der Waals surface area (Å²) in [7, 11) is 0. The molecule has 0 N–H and O–H groups in total. The third kappa shape index (κ3) is 5.21. The van der Waals surface area contributed by atoms with Crippen LogP contribution in [0.2, 0.25) is 0 Å². The average molecular weight is 294 g/mol. The van der Waals surface area contributed by atoms with E-state index < -0.39 is 0 Å². The van der Waals surface area contributed by atoms with E-state index in [2.05, 4.69) is 38.1 Å². The lowest BCUT2D eigenvalue weighted by atomic mass is 9.89. The van der Waals surface area contributed by atoms with Gasteiger partial charge in [0.15, 0.2) is 0 Å². The predicted octanol–water partition coefficient (Wildman–Crippen LogP) is 4.97. The highest BCUT2D eigenvalue weighted by Crippen LogP contribution is 2.23. The van der Waals surface area contributed by atoms with E-state index >= 15 is 0 Å². The number of ether oxygens (including phenoxy) is 1. The zero-order valence-electron chi connectivity index (χ0n) is 13.2. The molecule has 0 unspecified atom stereocenters. The van der Waals surface area contributed by atoms with Gasteiger partial charge in [-0.1, -0.05) is 74.5 Å². The Labute approximate surface area is 132 Å². The Morgan fingerprint density at radius 1 is 1.00 bits per heavy atom. The lowest BCUT2D eigenvalue weighted by Gasteiger charge is -2.20. The highest BCUT2D eigenvalue weighted by Gasteiger charge is 2.15. The normalized spacial score (nSPS) is 11.5. The van der Waals surface area contributed by atoms with Gasteiger partial charge in [0.2, 0.25) is 0 Å². The van der Waals surface area contributed by atoms with Crippen molar-refractivity contribution in [1.82, 2.24) is 0 Å². The number of hydrogen-bond donors (Lipinski definition) is 0. The summed E-state index contributed by atoms with van der Waals surface area (Å²) in [6.45, 7) is 4.70. The van der Waals surface area contributed by atoms with Crippen LogP contribution in [0.3, 0.4) is 0 Å². The molecule has 2 aromatic carbocycles. The zero-order chi connectivity index (χ0) is 15.8. The SMILES string of the molecule is CC(C)(/C=C/c1ccccc1)CCOC(=O)c1ccccc1. The van der Waals surface area contributed by atoms with E-state index in [1.165, 1.54) is 5.56 Å². The molecule has 2 rings (SSSR count). The summed E-state index contributed by atoms with van der Waals surface area (Å²) in [4.78, 5) is 11.9. The maximum atomic E-state index is 11.9. The van der Waals surface area contributed by atoms with Crippen LogP contribution in [0.15, 0.2) is 66.7 Å². The van der Waals surface area contributed by atoms with Crippen LogP contribution in [0, 0.1) is 5.41 Å². The lowest BCUT2D eigenvalue weighted by Crippen LogP contribution is -2.14. The first-order valence-electron chi connectivity index (χ1n) is 7.53. The lowest BCUT2D eigenvalue weighted by molar-refractivity contribution is 0.0473. The van der Waals surface area contributed by atoms with E-state index in [1.807, 2.05) is 36.4 Å². The fourth-order valence-corrected chi connectivity index (χ4v) is 2.03. The Morgan fingerprint density at radius 3 is 2.23 bits per heavy atom. The summed E-state index contributed by atoms with van der Waals surface area (Å²) in [5, 5.41) is 0. The smallest absolute Gasteiger partial charge is 0.338 e. The standard InChI is InChI=1S/C20H22O2/c1-20(2,14-13-17-9-5-3-6-10-17)15-16-22-19(21)18-11-7-4-8-12-18/h3-14H,15-16H2,1-2H3/b14-13+. The van der Waals surface area contributed by atoms with Gasteiger partial charge in [-0.05, 0) is 29.5 Å². The molecule has 0 fully saturated rings. The van der Waals surface area contributed by atoms with E-state index in [0.717, 1.165) is 6.42 Å². The number of carbonyl (C=O) groups excluding carboxylic acids is 1. The van der Waals surface area contributed by atoms with Gasteiger partial charge in [0.25, 0.3) is 0 Å². The summed E-state index contributed by atoms with van der Waals surface area (Å²) < 4.78 is 5.34. The van der Waals surface area contributed by atoms with Crippen LogP contribution in [-0.2, 0) is 4.74 Å². The summed E-state index contributed by atoms with van der Waals surface area (Å²) in [6, 6.07) is 19.3. The molecule has 0 saturated carbocycles. The van der Waals surface area contributed by atoms with E-state index in [1.54, 1.807) is 12.1 Å². The summed E-state index contributed by atoms with van der Waals surface area (Å²) >= 11 is 0. The first kappa shape index (κ1) is 16.0. The van der Waals surface area contributed by atoms with Crippen LogP contribution in [0.1, 0.15) is 36.2 Å². The first-order chi connectivity index (χ1) is 10.6. The molecule has 0 aromatic heterocycles. The Balaban J connectivity index is 1.82. The summed E-state index contributed by atoms with van der Waals surface area (Å²) in [5.74, 6) is -0.261.